The highest BCUT2D eigenvalue weighted by molar-refractivity contribution is 6.30. The van der Waals surface area contributed by atoms with Gasteiger partial charge in [-0.2, -0.15) is 5.10 Å². The third-order valence-electron chi connectivity index (χ3n) is 5.69. The van der Waals surface area contributed by atoms with Crippen molar-refractivity contribution < 1.29 is 4.79 Å². The zero-order chi connectivity index (χ0) is 18.3. The fourth-order valence-electron chi connectivity index (χ4n) is 4.38. The number of nitrogens with one attached hydrogen (secondary N) is 2. The Morgan fingerprint density at radius 2 is 1.88 bits per heavy atom. The van der Waals surface area contributed by atoms with E-state index in [9.17, 15) is 4.79 Å². The normalized spacial score (nSPS) is 24.7. The second-order valence-electron chi connectivity index (χ2n) is 7.59. The highest BCUT2D eigenvalue weighted by Crippen LogP contribution is 2.27. The fraction of sp³-hybridized carbons (Fsp3) is 0.500. The third kappa shape index (κ3) is 3.51. The van der Waals surface area contributed by atoms with Crippen molar-refractivity contribution >= 4 is 17.5 Å². The second kappa shape index (κ2) is 7.05. The van der Waals surface area contributed by atoms with Crippen LogP contribution in [0.5, 0.6) is 0 Å². The van der Waals surface area contributed by atoms with Gasteiger partial charge in [0.25, 0.3) is 0 Å². The Morgan fingerprint density at radius 1 is 1.23 bits per heavy atom. The smallest absolute Gasteiger partial charge is 0.224 e. The summed E-state index contributed by atoms with van der Waals surface area (Å²) in [7, 11) is 0. The van der Waals surface area contributed by atoms with Gasteiger partial charge in [-0.1, -0.05) is 11.6 Å². The molecular formula is C20H25ClN4O. The lowest BCUT2D eigenvalue weighted by Gasteiger charge is -2.29. The minimum atomic E-state index is 0.0955. The number of carbonyl (C=O) groups is 1. The number of amides is 1. The lowest BCUT2D eigenvalue weighted by Crippen LogP contribution is -2.48. The van der Waals surface area contributed by atoms with Gasteiger partial charge in [-0.15, -0.1) is 0 Å². The molecule has 4 rings (SSSR count). The number of hydrogen-bond donors (Lipinski definition) is 2. The molecule has 0 aliphatic carbocycles. The van der Waals surface area contributed by atoms with Gasteiger partial charge in [0.1, 0.15) is 0 Å². The summed E-state index contributed by atoms with van der Waals surface area (Å²) in [6, 6.07) is 9.04. The Labute approximate surface area is 159 Å². The Kier molecular flexibility index (Phi) is 4.76. The first-order valence-corrected chi connectivity index (χ1v) is 9.74. The van der Waals surface area contributed by atoms with Crippen LogP contribution in [0.1, 0.15) is 42.6 Å². The van der Waals surface area contributed by atoms with E-state index in [1.165, 1.54) is 12.8 Å². The van der Waals surface area contributed by atoms with Crippen LogP contribution in [0.2, 0.25) is 5.02 Å². The molecule has 2 aromatic rings. The predicted molar refractivity (Wildman–Crippen MR) is 103 cm³/mol. The number of halogens is 1. The van der Waals surface area contributed by atoms with Gasteiger partial charge >= 0.3 is 0 Å². The fourth-order valence-corrected chi connectivity index (χ4v) is 4.50. The van der Waals surface area contributed by atoms with E-state index in [-0.39, 0.29) is 5.91 Å². The molecule has 0 radical (unpaired) electrons. The average molecular weight is 373 g/mol. The second-order valence-corrected chi connectivity index (χ2v) is 8.02. The third-order valence-corrected chi connectivity index (χ3v) is 5.94. The van der Waals surface area contributed by atoms with Gasteiger partial charge in [0.05, 0.1) is 17.8 Å². The number of rotatable bonds is 4. The molecule has 5 nitrogen and oxygen atoms in total. The number of carbonyl (C=O) groups excluding carboxylic acids is 1. The summed E-state index contributed by atoms with van der Waals surface area (Å²) in [5, 5.41) is 12.2. The number of hydrogen-bond acceptors (Lipinski definition) is 3. The monoisotopic (exact) mass is 372 g/mol. The van der Waals surface area contributed by atoms with Gasteiger partial charge in [-0.25, -0.2) is 4.68 Å². The summed E-state index contributed by atoms with van der Waals surface area (Å²) in [6.45, 7) is 3.98. The lowest BCUT2D eigenvalue weighted by atomic mass is 9.99. The van der Waals surface area contributed by atoms with Gasteiger partial charge in [0.15, 0.2) is 0 Å². The van der Waals surface area contributed by atoms with Crippen LogP contribution in [-0.2, 0) is 11.2 Å². The topological polar surface area (TPSA) is 59.0 Å². The van der Waals surface area contributed by atoms with E-state index < -0.39 is 0 Å². The molecule has 2 unspecified atom stereocenters. The van der Waals surface area contributed by atoms with Gasteiger partial charge in [0.2, 0.25) is 5.91 Å². The summed E-state index contributed by atoms with van der Waals surface area (Å²) in [4.78, 5) is 12.6. The number of aromatic nitrogens is 2. The van der Waals surface area contributed by atoms with E-state index in [4.69, 9.17) is 11.6 Å². The standard InChI is InChI=1S/C20H25ClN4O/c1-12-19(13(2)25(24-12)18-7-3-14(21)4-8-18)11-20(26)23-17-9-15-5-6-16(10-17)22-15/h3-4,7-8,15-17,22H,5-6,9-11H2,1-2H3,(H,23,26). The van der Waals surface area contributed by atoms with Crippen molar-refractivity contribution in [2.45, 2.75) is 64.1 Å². The first-order chi connectivity index (χ1) is 12.5. The van der Waals surface area contributed by atoms with Gasteiger partial charge in [0, 0.05) is 34.4 Å². The van der Waals surface area contributed by atoms with Crippen LogP contribution >= 0.6 is 11.6 Å². The Hall–Kier alpha value is -1.85. The molecule has 26 heavy (non-hydrogen) atoms. The molecule has 0 spiro atoms. The van der Waals surface area contributed by atoms with Crippen LogP contribution < -0.4 is 10.6 Å². The molecule has 3 heterocycles. The number of fused-ring (bicyclic) bond motifs is 2. The van der Waals surface area contributed by atoms with Crippen molar-refractivity contribution in [1.82, 2.24) is 20.4 Å². The zero-order valence-electron chi connectivity index (χ0n) is 15.3. The highest BCUT2D eigenvalue weighted by atomic mass is 35.5. The van der Waals surface area contributed by atoms with Crippen molar-refractivity contribution in [2.24, 2.45) is 0 Å². The molecular weight excluding hydrogens is 348 g/mol. The maximum atomic E-state index is 12.6. The first kappa shape index (κ1) is 17.6. The predicted octanol–water partition coefficient (Wildman–Crippen LogP) is 3.08. The van der Waals surface area contributed by atoms with Crippen LogP contribution in [0.4, 0.5) is 0 Å². The van der Waals surface area contributed by atoms with Crippen molar-refractivity contribution in [3.05, 3.63) is 46.2 Å². The maximum Gasteiger partial charge on any atom is 0.224 e. The molecule has 2 atom stereocenters. The number of aryl methyl sites for hydroxylation is 1. The highest BCUT2D eigenvalue weighted by Gasteiger charge is 2.34. The lowest BCUT2D eigenvalue weighted by molar-refractivity contribution is -0.121. The zero-order valence-corrected chi connectivity index (χ0v) is 16.0. The van der Waals surface area contributed by atoms with E-state index in [1.54, 1.807) is 0 Å². The van der Waals surface area contributed by atoms with Crippen molar-refractivity contribution in [3.8, 4) is 5.69 Å². The van der Waals surface area contributed by atoms with Crippen molar-refractivity contribution in [2.75, 3.05) is 0 Å². The Morgan fingerprint density at radius 3 is 2.54 bits per heavy atom. The van der Waals surface area contributed by atoms with Gasteiger partial charge < -0.3 is 10.6 Å². The summed E-state index contributed by atoms with van der Waals surface area (Å²) < 4.78 is 1.89. The van der Waals surface area contributed by atoms with Crippen LogP contribution in [-0.4, -0.2) is 33.8 Å². The molecule has 0 saturated carbocycles. The molecule has 1 aromatic carbocycles. The molecule has 1 amide bonds. The van der Waals surface area contributed by atoms with E-state index in [0.29, 0.717) is 29.6 Å². The van der Waals surface area contributed by atoms with Crippen LogP contribution in [0.15, 0.2) is 24.3 Å². The van der Waals surface area contributed by atoms with E-state index in [1.807, 2.05) is 42.8 Å². The molecule has 1 aromatic heterocycles. The quantitative estimate of drug-likeness (QED) is 0.867. The van der Waals surface area contributed by atoms with E-state index in [2.05, 4.69) is 15.7 Å². The first-order valence-electron chi connectivity index (χ1n) is 9.36. The molecule has 2 aliphatic rings. The van der Waals surface area contributed by atoms with Gasteiger partial charge in [-0.3, -0.25) is 4.79 Å². The minimum absolute atomic E-state index is 0.0955. The average Bonchev–Trinajstić information content (AvgIpc) is 3.09. The number of benzene rings is 1. The molecule has 2 N–H and O–H groups in total. The van der Waals surface area contributed by atoms with Gasteiger partial charge in [-0.05, 0) is 63.8 Å². The van der Waals surface area contributed by atoms with Crippen LogP contribution in [0.25, 0.3) is 5.69 Å². The van der Waals surface area contributed by atoms with Crippen molar-refractivity contribution in [3.63, 3.8) is 0 Å². The summed E-state index contributed by atoms with van der Waals surface area (Å²) in [6.07, 6.45) is 4.95. The molecule has 2 saturated heterocycles. The number of piperidine rings is 1. The van der Waals surface area contributed by atoms with Crippen molar-refractivity contribution in [1.29, 1.82) is 0 Å². The van der Waals surface area contributed by atoms with Crippen LogP contribution in [0.3, 0.4) is 0 Å². The molecule has 2 fully saturated rings. The van der Waals surface area contributed by atoms with E-state index in [0.717, 1.165) is 35.5 Å². The summed E-state index contributed by atoms with van der Waals surface area (Å²) >= 11 is 5.97. The Balaban J connectivity index is 1.46. The number of nitrogens with zero attached hydrogens (tertiary/aromatic N) is 2. The molecule has 2 bridgehead atoms. The molecule has 6 heteroatoms. The summed E-state index contributed by atoms with van der Waals surface area (Å²) in [5.74, 6) is 0.0955. The van der Waals surface area contributed by atoms with Crippen LogP contribution in [0, 0.1) is 13.8 Å². The largest absolute Gasteiger partial charge is 0.353 e. The molecule has 138 valence electrons. The Bertz CT molecular complexity index is 802. The minimum Gasteiger partial charge on any atom is -0.353 e. The maximum absolute atomic E-state index is 12.6. The SMILES string of the molecule is Cc1nn(-c2ccc(Cl)cc2)c(C)c1CC(=O)NC1CC2CCC(C1)N2. The van der Waals surface area contributed by atoms with E-state index >= 15 is 0 Å². The molecule has 2 aliphatic heterocycles. The summed E-state index contributed by atoms with van der Waals surface area (Å²) in [5.41, 5.74) is 3.87.